The molecule has 0 radical (unpaired) electrons. The lowest BCUT2D eigenvalue weighted by molar-refractivity contribution is -0.247. The first-order valence-electron chi connectivity index (χ1n) is 14.2. The van der Waals surface area contributed by atoms with Gasteiger partial charge in [0, 0.05) is 54.1 Å². The van der Waals surface area contributed by atoms with E-state index >= 15 is 0 Å². The Kier molecular flexibility index (Phi) is 10.1. The van der Waals surface area contributed by atoms with E-state index in [4.69, 9.17) is 30.2 Å². The van der Waals surface area contributed by atoms with Crippen LogP contribution in [0.5, 0.6) is 17.2 Å². The minimum absolute atomic E-state index is 0.0173. The van der Waals surface area contributed by atoms with Gasteiger partial charge < -0.3 is 55.7 Å². The molecule has 9 N–H and O–H groups in total. The zero-order valence-electron chi connectivity index (χ0n) is 25.1. The van der Waals surface area contributed by atoms with E-state index in [2.05, 4.69) is 0 Å². The van der Waals surface area contributed by atoms with Gasteiger partial charge in [-0.1, -0.05) is 12.1 Å². The quantitative estimate of drug-likeness (QED) is 0.119. The zero-order chi connectivity index (χ0) is 35.0. The minimum atomic E-state index is -2.24. The molecule has 2 aromatic rings. The Morgan fingerprint density at radius 3 is 2.21 bits per heavy atom. The van der Waals surface area contributed by atoms with Crippen LogP contribution in [0.25, 0.3) is 0 Å². The van der Waals surface area contributed by atoms with E-state index in [-0.39, 0.29) is 34.4 Å². The highest BCUT2D eigenvalue weighted by molar-refractivity contribution is 6.31. The molecule has 1 fully saturated rings. The standard InChI is InChI=1S/C27H29NO11.C4H4O4/c1-10-22(31)13(28)6-17(38-10)39-15-8-27(36,16(30)9-29)7-12-19(15)26(35)21-20(24(12)33)23(32)11-4-3-5-14(37-2)18(11)25(21)34;5-3(6)1-2-4(7)8/h3-5,10,13,15,17,22,29,31,33,35-36H,6-9,28H2,1-2H3;1-2H,(H,5,6)(H,7,8)/b;2-1+/t10-,13-,15-,17-,22+,27-;/m0./s1. The Hall–Kier alpha value is -4.71. The Labute approximate surface area is 266 Å². The maximum Gasteiger partial charge on any atom is 0.328 e. The fourth-order valence-corrected chi connectivity index (χ4v) is 5.89. The summed E-state index contributed by atoms with van der Waals surface area (Å²) in [6.07, 6.45) is -4.01. The molecular weight excluding hydrogens is 626 g/mol. The first kappa shape index (κ1) is 35.1. The highest BCUT2D eigenvalue weighted by Crippen LogP contribution is 2.52. The van der Waals surface area contributed by atoms with Gasteiger partial charge in [-0.25, -0.2) is 9.59 Å². The number of ketones is 3. The predicted molar refractivity (Wildman–Crippen MR) is 156 cm³/mol. The van der Waals surface area contributed by atoms with Crippen LogP contribution in [0.1, 0.15) is 68.8 Å². The van der Waals surface area contributed by atoms with E-state index in [1.807, 2.05) is 0 Å². The number of methoxy groups -OCH3 is 1. The average molecular weight is 660 g/mol. The van der Waals surface area contributed by atoms with Crippen molar-refractivity contribution in [2.24, 2.45) is 5.73 Å². The van der Waals surface area contributed by atoms with Crippen LogP contribution in [-0.2, 0) is 30.3 Å². The van der Waals surface area contributed by atoms with Crippen LogP contribution in [0, 0.1) is 0 Å². The number of aliphatic hydroxyl groups is 3. The number of rotatable bonds is 7. The van der Waals surface area contributed by atoms with Gasteiger partial charge in [0.1, 0.15) is 29.5 Å². The van der Waals surface area contributed by atoms with E-state index in [1.165, 1.54) is 25.3 Å². The van der Waals surface area contributed by atoms with E-state index in [0.29, 0.717) is 12.2 Å². The summed E-state index contributed by atoms with van der Waals surface area (Å²) in [6.45, 7) is 0.560. The van der Waals surface area contributed by atoms with Gasteiger partial charge in [-0.15, -0.1) is 0 Å². The SMILES string of the molecule is COc1cccc2c1C(=O)c1c(O)c3c(c(O)c1C2=O)C[C@@](O)(C(=O)CO)C[C@@H]3O[C@H]1C[C@H](N)[C@H](O)[C@H](C)O1.O=C(O)/C=C/C(=O)O. The molecule has 0 aromatic heterocycles. The number of ether oxygens (including phenoxy) is 3. The van der Waals surface area contributed by atoms with Crippen molar-refractivity contribution in [1.29, 1.82) is 0 Å². The van der Waals surface area contributed by atoms with Crippen LogP contribution in [0.4, 0.5) is 0 Å². The van der Waals surface area contributed by atoms with Gasteiger partial charge in [-0.2, -0.15) is 0 Å². The molecule has 16 heteroatoms. The number of nitrogens with two attached hydrogens (primary N) is 1. The number of aliphatic carboxylic acids is 2. The molecule has 0 spiro atoms. The largest absolute Gasteiger partial charge is 0.507 e. The monoisotopic (exact) mass is 659 g/mol. The van der Waals surface area contributed by atoms with Crippen molar-refractivity contribution in [2.45, 2.75) is 62.4 Å². The van der Waals surface area contributed by atoms with E-state index in [9.17, 15) is 49.5 Å². The van der Waals surface area contributed by atoms with Gasteiger partial charge in [0.25, 0.3) is 0 Å². The number of Topliss-reactive ketones (excluding diaryl/α,β-unsaturated/α-hetero) is 1. The van der Waals surface area contributed by atoms with Gasteiger partial charge in [-0.3, -0.25) is 14.4 Å². The molecule has 0 unspecified atom stereocenters. The third-order valence-electron chi connectivity index (χ3n) is 8.17. The minimum Gasteiger partial charge on any atom is -0.507 e. The molecule has 252 valence electrons. The topological polar surface area (TPSA) is 281 Å². The first-order valence-corrected chi connectivity index (χ1v) is 14.2. The summed E-state index contributed by atoms with van der Waals surface area (Å²) < 4.78 is 17.0. The fraction of sp³-hybridized carbons (Fsp3) is 0.387. The molecule has 16 nitrogen and oxygen atoms in total. The van der Waals surface area contributed by atoms with Gasteiger partial charge in [-0.05, 0) is 13.0 Å². The average Bonchev–Trinajstić information content (AvgIpc) is 3.02. The molecule has 1 saturated heterocycles. The Balaban J connectivity index is 0.000000555. The van der Waals surface area contributed by atoms with Crippen molar-refractivity contribution < 1.29 is 73.9 Å². The molecule has 0 saturated carbocycles. The number of aromatic hydroxyl groups is 2. The maximum atomic E-state index is 13.6. The van der Waals surface area contributed by atoms with Crippen LogP contribution < -0.4 is 10.5 Å². The van der Waals surface area contributed by atoms with Crippen LogP contribution >= 0.6 is 0 Å². The van der Waals surface area contributed by atoms with E-state index in [0.717, 1.165) is 0 Å². The van der Waals surface area contributed by atoms with Gasteiger partial charge >= 0.3 is 11.9 Å². The summed E-state index contributed by atoms with van der Waals surface area (Å²) >= 11 is 0. The number of fused-ring (bicyclic) bond motifs is 3. The molecule has 0 amide bonds. The smallest absolute Gasteiger partial charge is 0.328 e. The number of benzene rings is 2. The summed E-state index contributed by atoms with van der Waals surface area (Å²) in [6, 6.07) is 3.64. The maximum absolute atomic E-state index is 13.6. The number of aliphatic hydroxyl groups excluding tert-OH is 2. The highest BCUT2D eigenvalue weighted by Gasteiger charge is 2.50. The van der Waals surface area contributed by atoms with Crippen molar-refractivity contribution >= 4 is 29.3 Å². The van der Waals surface area contributed by atoms with Crippen LogP contribution in [0.15, 0.2) is 30.4 Å². The van der Waals surface area contributed by atoms with Gasteiger partial charge in [0.2, 0.25) is 5.78 Å². The Bertz CT molecular complexity index is 1640. The molecule has 0 bridgehead atoms. The number of carbonyl (C=O) groups is 5. The Morgan fingerprint density at radius 2 is 1.66 bits per heavy atom. The number of hydrogen-bond acceptors (Lipinski definition) is 14. The molecule has 5 rings (SSSR count). The molecule has 47 heavy (non-hydrogen) atoms. The van der Waals surface area contributed by atoms with E-state index < -0.39 is 108 Å². The first-order chi connectivity index (χ1) is 22.1. The number of carbonyl (C=O) groups excluding carboxylic acids is 3. The predicted octanol–water partition coefficient (Wildman–Crippen LogP) is -0.287. The van der Waals surface area contributed by atoms with Crippen molar-refractivity contribution in [1.82, 2.24) is 0 Å². The number of carboxylic acid groups (broad SMARTS) is 2. The van der Waals surface area contributed by atoms with Gasteiger partial charge in [0.05, 0.1) is 42.1 Å². The summed E-state index contributed by atoms with van der Waals surface area (Å²) in [5, 5.41) is 69.3. The molecule has 3 aliphatic rings. The number of phenolic OH excluding ortho intramolecular Hbond substituents is 2. The Morgan fingerprint density at radius 1 is 1.04 bits per heavy atom. The zero-order valence-corrected chi connectivity index (χ0v) is 25.1. The summed E-state index contributed by atoms with van der Waals surface area (Å²) in [7, 11) is 1.32. The molecule has 2 aromatic carbocycles. The van der Waals surface area contributed by atoms with Crippen molar-refractivity contribution in [2.75, 3.05) is 13.7 Å². The third-order valence-corrected chi connectivity index (χ3v) is 8.17. The summed E-state index contributed by atoms with van der Waals surface area (Å²) in [5.74, 6) is -6.29. The normalized spacial score (nSPS) is 26.4. The number of hydrogen-bond donors (Lipinski definition) is 8. The van der Waals surface area contributed by atoms with Crippen molar-refractivity contribution in [3.8, 4) is 17.2 Å². The second-order valence-electron chi connectivity index (χ2n) is 11.2. The molecule has 6 atom stereocenters. The number of carboxylic acids is 2. The second kappa shape index (κ2) is 13.6. The van der Waals surface area contributed by atoms with Crippen LogP contribution in [0.2, 0.25) is 0 Å². The third kappa shape index (κ3) is 6.60. The fourth-order valence-electron chi connectivity index (χ4n) is 5.89. The summed E-state index contributed by atoms with van der Waals surface area (Å²) in [5.41, 5.74) is 2.37. The molecule has 1 aliphatic heterocycles. The summed E-state index contributed by atoms with van der Waals surface area (Å²) in [4.78, 5) is 58.8. The second-order valence-corrected chi connectivity index (χ2v) is 11.2. The lowest BCUT2D eigenvalue weighted by atomic mass is 9.72. The highest BCUT2D eigenvalue weighted by atomic mass is 16.7. The van der Waals surface area contributed by atoms with Crippen LogP contribution in [0.3, 0.4) is 0 Å². The van der Waals surface area contributed by atoms with E-state index in [1.54, 1.807) is 6.92 Å². The van der Waals surface area contributed by atoms with Crippen molar-refractivity contribution in [3.05, 3.63) is 63.7 Å². The number of phenols is 2. The lowest BCUT2D eigenvalue weighted by Crippen LogP contribution is -2.53. The van der Waals surface area contributed by atoms with Gasteiger partial charge in [0.15, 0.2) is 17.9 Å². The van der Waals surface area contributed by atoms with Crippen LogP contribution in [-0.4, -0.2) is 109 Å². The molecular formula is C31H33NO15. The molecule has 2 aliphatic carbocycles. The van der Waals surface area contributed by atoms with Crippen molar-refractivity contribution in [3.63, 3.8) is 0 Å². The molecule has 1 heterocycles. The lowest BCUT2D eigenvalue weighted by Gasteiger charge is -2.42.